The van der Waals surface area contributed by atoms with Gasteiger partial charge in [-0.25, -0.2) is 8.42 Å². The topological polar surface area (TPSA) is 69.7 Å². The van der Waals surface area contributed by atoms with Crippen LogP contribution in [0.5, 0.6) is 0 Å². The van der Waals surface area contributed by atoms with Gasteiger partial charge in [-0.3, -0.25) is 9.52 Å². The van der Waals surface area contributed by atoms with E-state index in [2.05, 4.69) is 21.8 Å². The molecule has 0 aliphatic carbocycles. The maximum atomic E-state index is 12.6. The van der Waals surface area contributed by atoms with Crippen molar-refractivity contribution >= 4 is 45.0 Å². The van der Waals surface area contributed by atoms with Crippen LogP contribution < -0.4 is 9.62 Å². The Balaban J connectivity index is 1.34. The highest BCUT2D eigenvalue weighted by Crippen LogP contribution is 2.24. The Hall–Kier alpha value is -3.29. The summed E-state index contributed by atoms with van der Waals surface area (Å²) in [6, 6.07) is 23.1. The second-order valence-corrected chi connectivity index (χ2v) is 9.73. The number of anilines is 2. The normalized spacial score (nSPS) is 14.5. The molecular weight excluding hydrogens is 458 g/mol. The van der Waals surface area contributed by atoms with E-state index in [9.17, 15) is 13.2 Å². The first kappa shape index (κ1) is 22.9. The number of para-hydroxylation sites is 2. The van der Waals surface area contributed by atoms with E-state index in [1.807, 2.05) is 23.1 Å². The van der Waals surface area contributed by atoms with Crippen molar-refractivity contribution in [3.63, 3.8) is 0 Å². The summed E-state index contributed by atoms with van der Waals surface area (Å²) in [5.74, 6) is -0.0557. The number of amides is 1. The number of nitrogens with zero attached hydrogens (tertiary/aromatic N) is 2. The third kappa shape index (κ3) is 5.74. The highest BCUT2D eigenvalue weighted by Gasteiger charge is 2.20. The van der Waals surface area contributed by atoms with Gasteiger partial charge < -0.3 is 9.80 Å². The fraction of sp³-hybridized carbons (Fsp3) is 0.160. The van der Waals surface area contributed by atoms with Gasteiger partial charge in [0, 0.05) is 37.9 Å². The molecule has 3 aromatic carbocycles. The number of hydrogen-bond acceptors (Lipinski definition) is 4. The highest BCUT2D eigenvalue weighted by molar-refractivity contribution is 7.92. The number of piperazine rings is 1. The van der Waals surface area contributed by atoms with Crippen molar-refractivity contribution in [1.29, 1.82) is 0 Å². The Bertz CT molecular complexity index is 1240. The van der Waals surface area contributed by atoms with Crippen LogP contribution in [0.1, 0.15) is 5.56 Å². The van der Waals surface area contributed by atoms with Gasteiger partial charge in [0.15, 0.2) is 0 Å². The van der Waals surface area contributed by atoms with Gasteiger partial charge in [0.05, 0.1) is 15.6 Å². The molecule has 1 heterocycles. The molecule has 3 aromatic rings. The second kappa shape index (κ2) is 10.1. The average molecular weight is 482 g/mol. The molecule has 0 aromatic heterocycles. The van der Waals surface area contributed by atoms with Crippen LogP contribution in [0.2, 0.25) is 5.02 Å². The Morgan fingerprint density at radius 2 is 1.48 bits per heavy atom. The zero-order valence-electron chi connectivity index (χ0n) is 17.9. The first-order chi connectivity index (χ1) is 15.9. The molecule has 0 atom stereocenters. The molecule has 4 rings (SSSR count). The van der Waals surface area contributed by atoms with Crippen molar-refractivity contribution in [2.24, 2.45) is 0 Å². The lowest BCUT2D eigenvalue weighted by atomic mass is 10.2. The Morgan fingerprint density at radius 3 is 2.15 bits per heavy atom. The van der Waals surface area contributed by atoms with Gasteiger partial charge in [-0.2, -0.15) is 0 Å². The molecule has 1 saturated heterocycles. The number of carbonyl (C=O) groups is 1. The summed E-state index contributed by atoms with van der Waals surface area (Å²) in [5, 5.41) is 0.323. The number of sulfonamides is 1. The monoisotopic (exact) mass is 481 g/mol. The molecule has 1 aliphatic heterocycles. The molecule has 8 heteroatoms. The van der Waals surface area contributed by atoms with Gasteiger partial charge in [-0.05, 0) is 48.0 Å². The van der Waals surface area contributed by atoms with E-state index in [-0.39, 0.29) is 10.8 Å². The quantitative estimate of drug-likeness (QED) is 0.526. The molecule has 1 N–H and O–H groups in total. The minimum absolute atomic E-state index is 0.0557. The second-order valence-electron chi connectivity index (χ2n) is 7.64. The summed E-state index contributed by atoms with van der Waals surface area (Å²) in [4.78, 5) is 16.8. The summed E-state index contributed by atoms with van der Waals surface area (Å²) in [6.45, 7) is 2.88. The predicted molar refractivity (Wildman–Crippen MR) is 133 cm³/mol. The van der Waals surface area contributed by atoms with Crippen molar-refractivity contribution in [2.45, 2.75) is 4.90 Å². The van der Waals surface area contributed by atoms with Crippen LogP contribution in [-0.4, -0.2) is 45.4 Å². The summed E-state index contributed by atoms with van der Waals surface area (Å²) < 4.78 is 27.7. The maximum Gasteiger partial charge on any atom is 0.261 e. The van der Waals surface area contributed by atoms with Gasteiger partial charge in [0.1, 0.15) is 0 Å². The van der Waals surface area contributed by atoms with Crippen LogP contribution in [0.4, 0.5) is 11.4 Å². The lowest BCUT2D eigenvalue weighted by Gasteiger charge is -2.35. The minimum atomic E-state index is -3.77. The van der Waals surface area contributed by atoms with Crippen molar-refractivity contribution in [1.82, 2.24) is 4.90 Å². The number of halogens is 1. The van der Waals surface area contributed by atoms with Gasteiger partial charge in [-0.1, -0.05) is 54.1 Å². The van der Waals surface area contributed by atoms with Crippen LogP contribution in [0.25, 0.3) is 6.08 Å². The third-order valence-corrected chi connectivity index (χ3v) is 7.15. The van der Waals surface area contributed by atoms with Crippen molar-refractivity contribution in [3.8, 4) is 0 Å². The molecule has 0 saturated carbocycles. The van der Waals surface area contributed by atoms with Crippen LogP contribution in [0, 0.1) is 0 Å². The molecule has 6 nitrogen and oxygen atoms in total. The number of rotatable bonds is 6. The Labute approximate surface area is 199 Å². The SMILES string of the molecule is O=C(/C=C/c1ccc(S(=O)(=O)Nc2ccccc2Cl)cc1)N1CCN(c2ccccc2)CC1. The lowest BCUT2D eigenvalue weighted by molar-refractivity contribution is -0.126. The molecule has 1 amide bonds. The third-order valence-electron chi connectivity index (χ3n) is 5.44. The Morgan fingerprint density at radius 1 is 0.848 bits per heavy atom. The van der Waals surface area contributed by atoms with E-state index < -0.39 is 10.0 Å². The maximum absolute atomic E-state index is 12.6. The highest BCUT2D eigenvalue weighted by atomic mass is 35.5. The van der Waals surface area contributed by atoms with E-state index >= 15 is 0 Å². The van der Waals surface area contributed by atoms with Crippen molar-refractivity contribution in [3.05, 3.63) is 95.5 Å². The molecule has 0 radical (unpaired) electrons. The molecule has 170 valence electrons. The predicted octanol–water partition coefficient (Wildman–Crippen LogP) is 4.50. The van der Waals surface area contributed by atoms with E-state index in [1.165, 1.54) is 23.9 Å². The Kier molecular flexibility index (Phi) is 7.01. The molecule has 0 spiro atoms. The number of nitrogens with one attached hydrogen (secondary N) is 1. The van der Waals surface area contributed by atoms with Gasteiger partial charge in [-0.15, -0.1) is 0 Å². The first-order valence-corrected chi connectivity index (χ1v) is 12.4. The summed E-state index contributed by atoms with van der Waals surface area (Å²) in [6.07, 6.45) is 3.23. The summed E-state index contributed by atoms with van der Waals surface area (Å²) in [7, 11) is -3.77. The minimum Gasteiger partial charge on any atom is -0.368 e. The van der Waals surface area contributed by atoms with Crippen LogP contribution in [0.15, 0.2) is 89.8 Å². The molecule has 1 aliphatic rings. The molecule has 0 bridgehead atoms. The molecule has 33 heavy (non-hydrogen) atoms. The van der Waals surface area contributed by atoms with Crippen LogP contribution in [0.3, 0.4) is 0 Å². The van der Waals surface area contributed by atoms with Crippen LogP contribution >= 0.6 is 11.6 Å². The standard InChI is InChI=1S/C25H24ClN3O3S/c26-23-8-4-5-9-24(23)27-33(31,32)22-13-10-20(11-14-22)12-15-25(30)29-18-16-28(17-19-29)21-6-2-1-3-7-21/h1-15,27H,16-19H2/b15-12+. The van der Waals surface area contributed by atoms with E-state index in [1.54, 1.807) is 42.5 Å². The fourth-order valence-electron chi connectivity index (χ4n) is 3.60. The average Bonchev–Trinajstić information content (AvgIpc) is 2.85. The number of hydrogen-bond donors (Lipinski definition) is 1. The zero-order chi connectivity index (χ0) is 23.3. The number of carbonyl (C=O) groups excluding carboxylic acids is 1. The largest absolute Gasteiger partial charge is 0.368 e. The van der Waals surface area contributed by atoms with E-state index in [4.69, 9.17) is 11.6 Å². The number of benzene rings is 3. The lowest BCUT2D eigenvalue weighted by Crippen LogP contribution is -2.48. The molecule has 1 fully saturated rings. The van der Waals surface area contributed by atoms with E-state index in [0.717, 1.165) is 18.7 Å². The van der Waals surface area contributed by atoms with Gasteiger partial charge in [0.2, 0.25) is 5.91 Å². The summed E-state index contributed by atoms with van der Waals surface area (Å²) >= 11 is 6.04. The van der Waals surface area contributed by atoms with Gasteiger partial charge in [0.25, 0.3) is 10.0 Å². The van der Waals surface area contributed by atoms with Gasteiger partial charge >= 0.3 is 0 Å². The van der Waals surface area contributed by atoms with Crippen molar-refractivity contribution < 1.29 is 13.2 Å². The fourth-order valence-corrected chi connectivity index (χ4v) is 4.92. The molecule has 0 unspecified atom stereocenters. The van der Waals surface area contributed by atoms with E-state index in [0.29, 0.717) is 23.8 Å². The zero-order valence-corrected chi connectivity index (χ0v) is 19.5. The first-order valence-electron chi connectivity index (χ1n) is 10.6. The smallest absolute Gasteiger partial charge is 0.261 e. The summed E-state index contributed by atoms with van der Waals surface area (Å²) in [5.41, 5.74) is 2.23. The van der Waals surface area contributed by atoms with Crippen LogP contribution in [-0.2, 0) is 14.8 Å². The molecular formula is C25H24ClN3O3S. The van der Waals surface area contributed by atoms with Crippen molar-refractivity contribution in [2.75, 3.05) is 35.8 Å².